The number of fused-ring (bicyclic) bond motifs is 1. The van der Waals surface area contributed by atoms with Gasteiger partial charge >= 0.3 is 0 Å². The van der Waals surface area contributed by atoms with Crippen LogP contribution in [-0.2, 0) is 0 Å². The first-order valence-corrected chi connectivity index (χ1v) is 3.91. The van der Waals surface area contributed by atoms with Crippen LogP contribution >= 0.6 is 0 Å². The van der Waals surface area contributed by atoms with Gasteiger partial charge in [-0.15, -0.1) is 0 Å². The Balaban J connectivity index is 2.86. The second kappa shape index (κ2) is 2.53. The van der Waals surface area contributed by atoms with Crippen molar-refractivity contribution < 1.29 is 4.42 Å². The second-order valence-corrected chi connectivity index (χ2v) is 2.96. The molecule has 1 aromatic carbocycles. The van der Waals surface area contributed by atoms with E-state index >= 15 is 0 Å². The van der Waals surface area contributed by atoms with Gasteiger partial charge in [-0.2, -0.15) is 5.26 Å². The number of nitrogens with zero attached hydrogens (tertiary/aromatic N) is 1. The highest BCUT2D eigenvalue weighted by molar-refractivity contribution is 5.92. The molecule has 3 heteroatoms. The minimum atomic E-state index is 0.195. The van der Waals surface area contributed by atoms with E-state index in [-0.39, 0.29) is 5.76 Å². The van der Waals surface area contributed by atoms with Crippen LogP contribution in [0.3, 0.4) is 0 Å². The van der Waals surface area contributed by atoms with E-state index in [1.807, 2.05) is 31.2 Å². The summed E-state index contributed by atoms with van der Waals surface area (Å²) in [4.78, 5) is 0. The summed E-state index contributed by atoms with van der Waals surface area (Å²) < 4.78 is 5.24. The number of aryl methyl sites for hydroxylation is 1. The summed E-state index contributed by atoms with van der Waals surface area (Å²) in [7, 11) is 0. The molecule has 0 bridgehead atoms. The highest BCUT2D eigenvalue weighted by Gasteiger charge is 2.09. The maximum atomic E-state index is 8.67. The molecule has 0 radical (unpaired) electrons. The summed E-state index contributed by atoms with van der Waals surface area (Å²) in [6, 6.07) is 7.59. The molecule has 0 aliphatic rings. The fourth-order valence-electron chi connectivity index (χ4n) is 1.31. The quantitative estimate of drug-likeness (QED) is 0.662. The van der Waals surface area contributed by atoms with Crippen molar-refractivity contribution in [2.24, 2.45) is 0 Å². The van der Waals surface area contributed by atoms with Gasteiger partial charge in [-0.05, 0) is 24.6 Å². The SMILES string of the molecule is Cc1ccc2c(N)c(C#N)oc2c1. The van der Waals surface area contributed by atoms with Crippen molar-refractivity contribution >= 4 is 16.7 Å². The van der Waals surface area contributed by atoms with Gasteiger partial charge in [0.2, 0.25) is 5.76 Å². The zero-order valence-corrected chi connectivity index (χ0v) is 7.16. The van der Waals surface area contributed by atoms with Gasteiger partial charge in [0.25, 0.3) is 0 Å². The van der Waals surface area contributed by atoms with Crippen molar-refractivity contribution in [3.8, 4) is 6.07 Å². The number of nitrogen functional groups attached to an aromatic ring is 1. The van der Waals surface area contributed by atoms with Crippen LogP contribution in [-0.4, -0.2) is 0 Å². The second-order valence-electron chi connectivity index (χ2n) is 2.96. The van der Waals surface area contributed by atoms with Crippen molar-refractivity contribution in [2.45, 2.75) is 6.92 Å². The summed E-state index contributed by atoms with van der Waals surface area (Å²) in [6.07, 6.45) is 0. The molecule has 0 aliphatic heterocycles. The lowest BCUT2D eigenvalue weighted by molar-refractivity contribution is 0.601. The van der Waals surface area contributed by atoms with E-state index < -0.39 is 0 Å². The van der Waals surface area contributed by atoms with Gasteiger partial charge in [0.05, 0.1) is 5.69 Å². The third-order valence-corrected chi connectivity index (χ3v) is 1.99. The van der Waals surface area contributed by atoms with Crippen LogP contribution in [0.25, 0.3) is 11.0 Å². The maximum Gasteiger partial charge on any atom is 0.227 e. The normalized spacial score (nSPS) is 10.2. The fraction of sp³-hybridized carbons (Fsp3) is 0.100. The van der Waals surface area contributed by atoms with Gasteiger partial charge in [0.15, 0.2) is 0 Å². The van der Waals surface area contributed by atoms with E-state index in [9.17, 15) is 0 Å². The molecule has 0 aliphatic carbocycles. The third kappa shape index (κ3) is 1.04. The summed E-state index contributed by atoms with van der Waals surface area (Å²) in [5.41, 5.74) is 7.88. The van der Waals surface area contributed by atoms with Crippen LogP contribution in [0.1, 0.15) is 11.3 Å². The minimum Gasteiger partial charge on any atom is -0.443 e. The lowest BCUT2D eigenvalue weighted by Crippen LogP contribution is -1.84. The van der Waals surface area contributed by atoms with Crippen LogP contribution in [0.5, 0.6) is 0 Å². The van der Waals surface area contributed by atoms with Gasteiger partial charge in [-0.3, -0.25) is 0 Å². The first-order valence-electron chi connectivity index (χ1n) is 3.91. The number of hydrogen-bond donors (Lipinski definition) is 1. The van der Waals surface area contributed by atoms with E-state index in [1.54, 1.807) is 0 Å². The van der Waals surface area contributed by atoms with Crippen LogP contribution in [0.2, 0.25) is 0 Å². The summed E-state index contributed by atoms with van der Waals surface area (Å²) >= 11 is 0. The topological polar surface area (TPSA) is 63.0 Å². The zero-order valence-electron chi connectivity index (χ0n) is 7.16. The summed E-state index contributed by atoms with van der Waals surface area (Å²) in [5.74, 6) is 0.195. The Kier molecular flexibility index (Phi) is 1.49. The molecule has 0 fully saturated rings. The number of benzene rings is 1. The highest BCUT2D eigenvalue weighted by Crippen LogP contribution is 2.27. The molecule has 0 spiro atoms. The molecule has 0 saturated carbocycles. The molecule has 13 heavy (non-hydrogen) atoms. The molecule has 0 saturated heterocycles. The minimum absolute atomic E-state index is 0.195. The van der Waals surface area contributed by atoms with Crippen molar-refractivity contribution in [3.63, 3.8) is 0 Å². The molecule has 2 rings (SSSR count). The van der Waals surface area contributed by atoms with Crippen molar-refractivity contribution in [2.75, 3.05) is 5.73 Å². The first kappa shape index (κ1) is 7.69. The highest BCUT2D eigenvalue weighted by atomic mass is 16.3. The Labute approximate surface area is 75.4 Å². The molecule has 0 atom stereocenters. The number of rotatable bonds is 0. The molecular formula is C10H8N2O. The third-order valence-electron chi connectivity index (χ3n) is 1.99. The van der Waals surface area contributed by atoms with Crippen molar-refractivity contribution in [3.05, 3.63) is 29.5 Å². The molecule has 3 nitrogen and oxygen atoms in total. The van der Waals surface area contributed by atoms with Crippen LogP contribution in [0.4, 0.5) is 5.69 Å². The predicted octanol–water partition coefficient (Wildman–Crippen LogP) is 2.20. The largest absolute Gasteiger partial charge is 0.443 e. The Morgan fingerprint density at radius 2 is 2.23 bits per heavy atom. The van der Waals surface area contributed by atoms with Crippen LogP contribution in [0.15, 0.2) is 22.6 Å². The van der Waals surface area contributed by atoms with E-state index in [4.69, 9.17) is 15.4 Å². The Morgan fingerprint density at radius 1 is 1.46 bits per heavy atom. The van der Waals surface area contributed by atoms with Gasteiger partial charge in [-0.25, -0.2) is 0 Å². The average molecular weight is 172 g/mol. The lowest BCUT2D eigenvalue weighted by Gasteiger charge is -1.90. The molecule has 0 unspecified atom stereocenters. The Bertz CT molecular complexity index is 505. The zero-order chi connectivity index (χ0) is 9.42. The molecule has 2 N–H and O–H groups in total. The summed E-state index contributed by atoms with van der Waals surface area (Å²) in [5, 5.41) is 9.47. The predicted molar refractivity (Wildman–Crippen MR) is 50.1 cm³/mol. The van der Waals surface area contributed by atoms with Crippen molar-refractivity contribution in [1.29, 1.82) is 5.26 Å². The maximum absolute atomic E-state index is 8.67. The van der Waals surface area contributed by atoms with E-state index in [0.29, 0.717) is 11.3 Å². The molecule has 2 aromatic rings. The van der Waals surface area contributed by atoms with Gasteiger partial charge in [0, 0.05) is 5.39 Å². The van der Waals surface area contributed by atoms with E-state index in [0.717, 1.165) is 10.9 Å². The average Bonchev–Trinajstić information content (AvgIpc) is 2.42. The number of hydrogen-bond acceptors (Lipinski definition) is 3. The Morgan fingerprint density at radius 3 is 2.92 bits per heavy atom. The number of anilines is 1. The number of furan rings is 1. The van der Waals surface area contributed by atoms with Gasteiger partial charge < -0.3 is 10.2 Å². The molecule has 1 heterocycles. The first-order chi connectivity index (χ1) is 6.22. The van der Waals surface area contributed by atoms with Crippen molar-refractivity contribution in [1.82, 2.24) is 0 Å². The molecule has 1 aromatic heterocycles. The monoisotopic (exact) mass is 172 g/mol. The van der Waals surface area contributed by atoms with Crippen LogP contribution in [0, 0.1) is 18.3 Å². The van der Waals surface area contributed by atoms with E-state index in [1.165, 1.54) is 0 Å². The van der Waals surface area contributed by atoms with Crippen LogP contribution < -0.4 is 5.73 Å². The smallest absolute Gasteiger partial charge is 0.227 e. The van der Waals surface area contributed by atoms with Gasteiger partial charge in [-0.1, -0.05) is 6.07 Å². The molecule has 0 amide bonds. The van der Waals surface area contributed by atoms with Gasteiger partial charge in [0.1, 0.15) is 11.7 Å². The van der Waals surface area contributed by atoms with E-state index in [2.05, 4.69) is 0 Å². The molecule has 64 valence electrons. The lowest BCUT2D eigenvalue weighted by atomic mass is 10.2. The number of nitrogens with two attached hydrogens (primary N) is 1. The summed E-state index contributed by atoms with van der Waals surface area (Å²) in [6.45, 7) is 1.96. The molecular weight excluding hydrogens is 164 g/mol. The number of nitriles is 1. The Hall–Kier alpha value is -1.95. The fourth-order valence-corrected chi connectivity index (χ4v) is 1.31. The standard InChI is InChI=1S/C10H8N2O/c1-6-2-3-7-8(4-6)13-9(5-11)10(7)12/h2-4H,12H2,1H3.